The molecule has 6 nitrogen and oxygen atoms in total. The van der Waals surface area contributed by atoms with Gasteiger partial charge in [-0.3, -0.25) is 4.98 Å². The standard InChI is InChI=1S/C18H28N2O4/c1-18(2,3)24-17(22)20-11-7-5-6-8-14(20)16(21)13-12-19-10-9-15(13)23-4/h9-10,12,14,16,21H,5-8,11H2,1-4H3/t14-,16?/m1/s1. The fourth-order valence-electron chi connectivity index (χ4n) is 3.02. The molecule has 1 N–H and O–H groups in total. The molecule has 134 valence electrons. The average molecular weight is 336 g/mol. The first-order valence-corrected chi connectivity index (χ1v) is 8.49. The number of ether oxygens (including phenoxy) is 2. The number of pyridine rings is 1. The minimum Gasteiger partial charge on any atom is -0.496 e. The van der Waals surface area contributed by atoms with Crippen LogP contribution in [0.15, 0.2) is 18.5 Å². The maximum absolute atomic E-state index is 12.6. The van der Waals surface area contributed by atoms with Gasteiger partial charge in [-0.15, -0.1) is 0 Å². The third-order valence-corrected chi connectivity index (χ3v) is 4.14. The first-order chi connectivity index (χ1) is 11.3. The van der Waals surface area contributed by atoms with Crippen LogP contribution in [0.25, 0.3) is 0 Å². The number of likely N-dealkylation sites (tertiary alicyclic amines) is 1. The molecule has 2 atom stereocenters. The molecule has 1 amide bonds. The van der Waals surface area contributed by atoms with Crippen molar-refractivity contribution in [3.05, 3.63) is 24.0 Å². The zero-order valence-electron chi connectivity index (χ0n) is 15.0. The molecule has 6 heteroatoms. The van der Waals surface area contributed by atoms with Crippen LogP contribution in [0.5, 0.6) is 5.75 Å². The number of nitrogens with zero attached hydrogens (tertiary/aromatic N) is 2. The second-order valence-electron chi connectivity index (χ2n) is 7.15. The smallest absolute Gasteiger partial charge is 0.410 e. The number of hydrogen-bond donors (Lipinski definition) is 1. The summed E-state index contributed by atoms with van der Waals surface area (Å²) in [4.78, 5) is 18.4. The fraction of sp³-hybridized carbons (Fsp3) is 0.667. The van der Waals surface area contributed by atoms with Gasteiger partial charge >= 0.3 is 6.09 Å². The number of aliphatic hydroxyl groups excluding tert-OH is 1. The van der Waals surface area contributed by atoms with E-state index in [1.165, 1.54) is 0 Å². The normalized spacial score (nSPS) is 20.2. The molecule has 0 bridgehead atoms. The van der Waals surface area contributed by atoms with Gasteiger partial charge in [0.2, 0.25) is 0 Å². The number of amides is 1. The van der Waals surface area contributed by atoms with E-state index in [4.69, 9.17) is 9.47 Å². The zero-order valence-corrected chi connectivity index (χ0v) is 15.0. The molecule has 1 aromatic heterocycles. The van der Waals surface area contributed by atoms with E-state index in [9.17, 15) is 9.90 Å². The van der Waals surface area contributed by atoms with Gasteiger partial charge in [0.1, 0.15) is 17.5 Å². The predicted molar refractivity (Wildman–Crippen MR) is 90.9 cm³/mol. The lowest BCUT2D eigenvalue weighted by Crippen LogP contribution is -2.46. The molecule has 1 aliphatic rings. The van der Waals surface area contributed by atoms with Crippen LogP contribution in [-0.4, -0.2) is 46.4 Å². The number of hydrogen-bond acceptors (Lipinski definition) is 5. The lowest BCUT2D eigenvalue weighted by Gasteiger charge is -2.35. The van der Waals surface area contributed by atoms with Crippen LogP contribution >= 0.6 is 0 Å². The zero-order chi connectivity index (χ0) is 17.7. The van der Waals surface area contributed by atoms with Crippen molar-refractivity contribution in [2.75, 3.05) is 13.7 Å². The number of carbonyl (C=O) groups is 1. The summed E-state index contributed by atoms with van der Waals surface area (Å²) in [6.45, 7) is 6.12. The Kier molecular flexibility index (Phi) is 6.04. The molecule has 1 aromatic rings. The predicted octanol–water partition coefficient (Wildman–Crippen LogP) is 3.30. The minimum atomic E-state index is -0.862. The molecule has 1 fully saturated rings. The summed E-state index contributed by atoms with van der Waals surface area (Å²) < 4.78 is 10.9. The summed E-state index contributed by atoms with van der Waals surface area (Å²) in [5.74, 6) is 0.575. The van der Waals surface area contributed by atoms with Crippen molar-refractivity contribution in [3.63, 3.8) is 0 Å². The molecule has 0 radical (unpaired) electrons. The Morgan fingerprint density at radius 3 is 2.79 bits per heavy atom. The van der Waals surface area contributed by atoms with Crippen LogP contribution in [0.3, 0.4) is 0 Å². The summed E-state index contributed by atoms with van der Waals surface area (Å²) >= 11 is 0. The Morgan fingerprint density at radius 2 is 2.12 bits per heavy atom. The number of rotatable bonds is 3. The fourth-order valence-corrected chi connectivity index (χ4v) is 3.02. The van der Waals surface area contributed by atoms with Crippen LogP contribution in [0.1, 0.15) is 58.1 Å². The van der Waals surface area contributed by atoms with Gasteiger partial charge in [-0.05, 0) is 39.7 Å². The second kappa shape index (κ2) is 7.83. The Bertz CT molecular complexity index is 556. The minimum absolute atomic E-state index is 0.347. The number of aromatic nitrogens is 1. The highest BCUT2D eigenvalue weighted by molar-refractivity contribution is 5.68. The van der Waals surface area contributed by atoms with Gasteiger partial charge < -0.3 is 19.5 Å². The molecule has 1 unspecified atom stereocenters. The Morgan fingerprint density at radius 1 is 1.38 bits per heavy atom. The van der Waals surface area contributed by atoms with Crippen LogP contribution in [0, 0.1) is 0 Å². The Hall–Kier alpha value is -1.82. The summed E-state index contributed by atoms with van der Waals surface area (Å²) in [5, 5.41) is 10.9. The van der Waals surface area contributed by atoms with E-state index in [-0.39, 0.29) is 12.1 Å². The number of methoxy groups -OCH3 is 1. The molecule has 0 aromatic carbocycles. The Balaban J connectivity index is 2.27. The van der Waals surface area contributed by atoms with Crippen LogP contribution in [0.4, 0.5) is 4.79 Å². The van der Waals surface area contributed by atoms with E-state index in [0.29, 0.717) is 17.9 Å². The molecule has 1 saturated heterocycles. The van der Waals surface area contributed by atoms with Gasteiger partial charge in [0.25, 0.3) is 0 Å². The van der Waals surface area contributed by atoms with E-state index in [1.54, 1.807) is 30.5 Å². The number of aliphatic hydroxyl groups is 1. The van der Waals surface area contributed by atoms with Gasteiger partial charge in [-0.25, -0.2) is 4.79 Å². The van der Waals surface area contributed by atoms with Crippen molar-refractivity contribution in [1.29, 1.82) is 0 Å². The van der Waals surface area contributed by atoms with Gasteiger partial charge in [-0.2, -0.15) is 0 Å². The lowest BCUT2D eigenvalue weighted by atomic mass is 9.98. The summed E-state index contributed by atoms with van der Waals surface area (Å²) in [6.07, 6.45) is 5.60. The van der Waals surface area contributed by atoms with E-state index >= 15 is 0 Å². The number of carbonyl (C=O) groups excluding carboxylic acids is 1. The molecule has 0 spiro atoms. The van der Waals surface area contributed by atoms with Crippen molar-refractivity contribution in [2.45, 2.75) is 64.2 Å². The van der Waals surface area contributed by atoms with Crippen LogP contribution in [0.2, 0.25) is 0 Å². The maximum atomic E-state index is 12.6. The van der Waals surface area contributed by atoms with E-state index in [1.807, 2.05) is 20.8 Å². The van der Waals surface area contributed by atoms with Crippen molar-refractivity contribution in [2.24, 2.45) is 0 Å². The van der Waals surface area contributed by atoms with E-state index in [2.05, 4.69) is 4.98 Å². The van der Waals surface area contributed by atoms with Crippen molar-refractivity contribution in [3.8, 4) is 5.75 Å². The quantitative estimate of drug-likeness (QED) is 0.917. The molecular formula is C18H28N2O4. The summed E-state index contributed by atoms with van der Waals surface area (Å²) in [5.41, 5.74) is 0.0330. The highest BCUT2D eigenvalue weighted by Crippen LogP contribution is 2.33. The monoisotopic (exact) mass is 336 g/mol. The highest BCUT2D eigenvalue weighted by Gasteiger charge is 2.35. The van der Waals surface area contributed by atoms with Crippen molar-refractivity contribution < 1.29 is 19.4 Å². The first kappa shape index (κ1) is 18.5. The first-order valence-electron chi connectivity index (χ1n) is 8.49. The molecule has 1 aliphatic heterocycles. The third-order valence-electron chi connectivity index (χ3n) is 4.14. The molecule has 2 rings (SSSR count). The Labute approximate surface area is 143 Å². The van der Waals surface area contributed by atoms with Gasteiger partial charge in [0, 0.05) is 24.5 Å². The third kappa shape index (κ3) is 4.60. The van der Waals surface area contributed by atoms with E-state index < -0.39 is 11.7 Å². The SMILES string of the molecule is COc1ccncc1C(O)[C@H]1CCCCCN1C(=O)OC(C)(C)C. The molecule has 24 heavy (non-hydrogen) atoms. The van der Waals surface area contributed by atoms with Gasteiger partial charge in [0.15, 0.2) is 0 Å². The second-order valence-corrected chi connectivity index (χ2v) is 7.15. The average Bonchev–Trinajstić information content (AvgIpc) is 2.78. The summed E-state index contributed by atoms with van der Waals surface area (Å²) in [6, 6.07) is 1.37. The van der Waals surface area contributed by atoms with Crippen LogP contribution in [-0.2, 0) is 4.74 Å². The van der Waals surface area contributed by atoms with Crippen molar-refractivity contribution in [1.82, 2.24) is 9.88 Å². The lowest BCUT2D eigenvalue weighted by molar-refractivity contribution is -0.00631. The highest BCUT2D eigenvalue weighted by atomic mass is 16.6. The van der Waals surface area contributed by atoms with Gasteiger partial charge in [0.05, 0.1) is 13.2 Å². The topological polar surface area (TPSA) is 71.9 Å². The van der Waals surface area contributed by atoms with Crippen LogP contribution < -0.4 is 4.74 Å². The molecular weight excluding hydrogens is 308 g/mol. The van der Waals surface area contributed by atoms with Crippen molar-refractivity contribution >= 4 is 6.09 Å². The maximum Gasteiger partial charge on any atom is 0.410 e. The molecule has 0 saturated carbocycles. The largest absolute Gasteiger partial charge is 0.496 e. The van der Waals surface area contributed by atoms with Gasteiger partial charge in [-0.1, -0.05) is 12.8 Å². The molecule has 0 aliphatic carbocycles. The summed E-state index contributed by atoms with van der Waals surface area (Å²) in [7, 11) is 1.56. The molecule has 2 heterocycles. The van der Waals surface area contributed by atoms with E-state index in [0.717, 1.165) is 25.7 Å².